The molecular weight excluding hydrogens is 568 g/mol. The van der Waals surface area contributed by atoms with Crippen LogP contribution in [0.3, 0.4) is 0 Å². The lowest BCUT2D eigenvalue weighted by atomic mass is 10.1. The number of halogens is 1. The zero-order chi connectivity index (χ0) is 29.3. The standard InChI is InChI=1S/C28H31ClN6O5S/c1-17-12-20(34-8-10-35(11-9-34)24(37)16-41(2,39)40)14-22-26(17)33-27(32-22)25-21(6-7-30-28(25)38)31-15-23(36)18-4-3-5-19(29)13-18/h3-7,12-14,23,36H,8-11,15-16H2,1-2H3,(H,32,33)(H2,30,31,38). The number of imidazole rings is 1. The summed E-state index contributed by atoms with van der Waals surface area (Å²) in [5.41, 5.74) is 4.47. The number of carbonyl (C=O) groups is 1. The number of aliphatic hydroxyl groups excluding tert-OH is 1. The number of pyridine rings is 1. The van der Waals surface area contributed by atoms with Gasteiger partial charge in [-0.2, -0.15) is 0 Å². The van der Waals surface area contributed by atoms with Gasteiger partial charge in [0, 0.05) is 55.9 Å². The Labute approximate surface area is 242 Å². The Balaban J connectivity index is 1.36. The Morgan fingerprint density at radius 2 is 1.93 bits per heavy atom. The highest BCUT2D eigenvalue weighted by atomic mass is 35.5. The number of anilines is 2. The van der Waals surface area contributed by atoms with Crippen molar-refractivity contribution in [3.05, 3.63) is 75.2 Å². The summed E-state index contributed by atoms with van der Waals surface area (Å²) in [6, 6.07) is 12.7. The Hall–Kier alpha value is -3.87. The average Bonchev–Trinajstić information content (AvgIpc) is 3.35. The number of sulfone groups is 1. The molecule has 0 saturated carbocycles. The van der Waals surface area contributed by atoms with Crippen LogP contribution in [0, 0.1) is 6.92 Å². The van der Waals surface area contributed by atoms with Crippen molar-refractivity contribution < 1.29 is 18.3 Å². The van der Waals surface area contributed by atoms with E-state index in [4.69, 9.17) is 16.6 Å². The second kappa shape index (κ2) is 11.6. The van der Waals surface area contributed by atoms with Crippen molar-refractivity contribution in [2.45, 2.75) is 13.0 Å². The molecule has 1 aliphatic rings. The number of nitrogens with zero attached hydrogens (tertiary/aromatic N) is 3. The van der Waals surface area contributed by atoms with Crippen LogP contribution < -0.4 is 15.8 Å². The number of nitrogens with one attached hydrogen (secondary N) is 3. The summed E-state index contributed by atoms with van der Waals surface area (Å²) in [5, 5.41) is 14.3. The molecule has 1 aliphatic heterocycles. The number of hydrogen-bond donors (Lipinski definition) is 4. The summed E-state index contributed by atoms with van der Waals surface area (Å²) in [4.78, 5) is 39.7. The van der Waals surface area contributed by atoms with E-state index in [1.165, 1.54) is 6.20 Å². The van der Waals surface area contributed by atoms with Crippen LogP contribution in [0.1, 0.15) is 17.2 Å². The van der Waals surface area contributed by atoms with Gasteiger partial charge in [0.05, 0.1) is 22.8 Å². The Bertz CT molecular complexity index is 1760. The van der Waals surface area contributed by atoms with E-state index in [9.17, 15) is 23.1 Å². The molecule has 41 heavy (non-hydrogen) atoms. The van der Waals surface area contributed by atoms with Gasteiger partial charge < -0.3 is 30.2 Å². The molecule has 1 saturated heterocycles. The van der Waals surface area contributed by atoms with Crippen molar-refractivity contribution in [2.75, 3.05) is 54.9 Å². The van der Waals surface area contributed by atoms with Gasteiger partial charge >= 0.3 is 0 Å². The normalized spacial score (nSPS) is 14.8. The third kappa shape index (κ3) is 6.55. The molecule has 13 heteroatoms. The van der Waals surface area contributed by atoms with Gasteiger partial charge in [-0.15, -0.1) is 0 Å². The van der Waals surface area contributed by atoms with Crippen LogP contribution >= 0.6 is 11.6 Å². The topological polar surface area (TPSA) is 151 Å². The van der Waals surface area contributed by atoms with E-state index >= 15 is 0 Å². The number of aryl methyl sites for hydroxylation is 1. The highest BCUT2D eigenvalue weighted by Crippen LogP contribution is 2.30. The van der Waals surface area contributed by atoms with Crippen molar-refractivity contribution in [3.8, 4) is 11.4 Å². The van der Waals surface area contributed by atoms with Gasteiger partial charge in [-0.05, 0) is 48.4 Å². The van der Waals surface area contributed by atoms with E-state index in [0.29, 0.717) is 53.8 Å². The Kier molecular flexibility index (Phi) is 8.07. The molecule has 2 aromatic carbocycles. The number of aromatic nitrogens is 3. The van der Waals surface area contributed by atoms with E-state index in [1.807, 2.05) is 19.1 Å². The van der Waals surface area contributed by atoms with E-state index in [2.05, 4.69) is 20.2 Å². The highest BCUT2D eigenvalue weighted by Gasteiger charge is 2.25. The summed E-state index contributed by atoms with van der Waals surface area (Å²) in [6.07, 6.45) is 1.75. The zero-order valence-electron chi connectivity index (χ0n) is 22.6. The van der Waals surface area contributed by atoms with Gasteiger partial charge in [0.2, 0.25) is 5.91 Å². The fraction of sp³-hybridized carbons (Fsp3) is 0.321. The molecule has 0 radical (unpaired) electrons. The van der Waals surface area contributed by atoms with Crippen molar-refractivity contribution in [3.63, 3.8) is 0 Å². The molecule has 1 atom stereocenters. The average molecular weight is 599 g/mol. The first-order valence-electron chi connectivity index (χ1n) is 13.1. The van der Waals surface area contributed by atoms with Crippen molar-refractivity contribution in [1.29, 1.82) is 0 Å². The SMILES string of the molecule is Cc1cc(N2CCN(C(=O)CS(C)(=O)=O)CC2)cc2[nH]c(-c3c(NCC(O)c4cccc(Cl)c4)cc[nH]c3=O)nc12. The molecule has 216 valence electrons. The van der Waals surface area contributed by atoms with Crippen molar-refractivity contribution in [1.82, 2.24) is 19.9 Å². The lowest BCUT2D eigenvalue weighted by Gasteiger charge is -2.36. The van der Waals surface area contributed by atoms with Gasteiger partial charge in [-0.3, -0.25) is 9.59 Å². The van der Waals surface area contributed by atoms with Crippen LogP contribution in [0.5, 0.6) is 0 Å². The maximum atomic E-state index is 12.9. The van der Waals surface area contributed by atoms with Crippen molar-refractivity contribution in [2.24, 2.45) is 0 Å². The van der Waals surface area contributed by atoms with Crippen molar-refractivity contribution >= 4 is 49.8 Å². The van der Waals surface area contributed by atoms with E-state index in [-0.39, 0.29) is 18.0 Å². The number of H-pyrrole nitrogens is 2. The van der Waals surface area contributed by atoms with Gasteiger partial charge in [-0.1, -0.05) is 23.7 Å². The monoisotopic (exact) mass is 598 g/mol. The van der Waals surface area contributed by atoms with Crippen LogP contribution in [-0.4, -0.2) is 84.0 Å². The minimum atomic E-state index is -3.38. The molecule has 3 heterocycles. The fourth-order valence-corrected chi connectivity index (χ4v) is 5.83. The predicted octanol–water partition coefficient (Wildman–Crippen LogP) is 2.72. The smallest absolute Gasteiger partial charge is 0.261 e. The minimum absolute atomic E-state index is 0.152. The first-order chi connectivity index (χ1) is 19.5. The molecule has 4 aromatic rings. The lowest BCUT2D eigenvalue weighted by molar-refractivity contribution is -0.128. The van der Waals surface area contributed by atoms with Crippen LogP contribution in [0.4, 0.5) is 11.4 Å². The molecule has 2 aromatic heterocycles. The predicted molar refractivity (Wildman–Crippen MR) is 160 cm³/mol. The highest BCUT2D eigenvalue weighted by molar-refractivity contribution is 7.91. The van der Waals surface area contributed by atoms with Crippen LogP contribution in [-0.2, 0) is 14.6 Å². The van der Waals surface area contributed by atoms with E-state index < -0.39 is 21.7 Å². The molecule has 0 aliphatic carbocycles. The van der Waals surface area contributed by atoms with Gasteiger partial charge in [0.25, 0.3) is 5.56 Å². The van der Waals surface area contributed by atoms with Crippen LogP contribution in [0.25, 0.3) is 22.4 Å². The number of aliphatic hydroxyl groups is 1. The number of fused-ring (bicyclic) bond motifs is 1. The first-order valence-corrected chi connectivity index (χ1v) is 15.5. The van der Waals surface area contributed by atoms with E-state index in [1.54, 1.807) is 35.2 Å². The lowest BCUT2D eigenvalue weighted by Crippen LogP contribution is -2.50. The molecule has 1 amide bonds. The van der Waals surface area contributed by atoms with Gasteiger partial charge in [0.15, 0.2) is 9.84 Å². The number of benzene rings is 2. The molecular formula is C28H31ClN6O5S. The summed E-state index contributed by atoms with van der Waals surface area (Å²) in [6.45, 7) is 4.06. The Morgan fingerprint density at radius 1 is 1.17 bits per heavy atom. The third-order valence-electron chi connectivity index (χ3n) is 7.06. The van der Waals surface area contributed by atoms with E-state index in [0.717, 1.165) is 28.5 Å². The second-order valence-electron chi connectivity index (χ2n) is 10.2. The molecule has 0 spiro atoms. The molecule has 0 bridgehead atoms. The maximum Gasteiger partial charge on any atom is 0.261 e. The third-order valence-corrected chi connectivity index (χ3v) is 8.07. The first kappa shape index (κ1) is 28.7. The van der Waals surface area contributed by atoms with Gasteiger partial charge in [-0.25, -0.2) is 13.4 Å². The molecule has 11 nitrogen and oxygen atoms in total. The molecule has 1 unspecified atom stereocenters. The maximum absolute atomic E-state index is 12.9. The number of hydrogen-bond acceptors (Lipinski definition) is 8. The number of rotatable bonds is 8. The largest absolute Gasteiger partial charge is 0.387 e. The summed E-state index contributed by atoms with van der Waals surface area (Å²) in [7, 11) is -3.38. The van der Waals surface area contributed by atoms with Gasteiger partial charge in [0.1, 0.15) is 17.1 Å². The molecule has 4 N–H and O–H groups in total. The number of amides is 1. The number of piperazine rings is 1. The molecule has 5 rings (SSSR count). The quantitative estimate of drug-likeness (QED) is 0.242. The summed E-state index contributed by atoms with van der Waals surface area (Å²) in [5.74, 6) is -0.475. The number of carbonyl (C=O) groups excluding carboxylic acids is 1. The Morgan fingerprint density at radius 3 is 2.63 bits per heavy atom. The molecule has 1 fully saturated rings. The fourth-order valence-electron chi connectivity index (χ4n) is 5.00. The zero-order valence-corrected chi connectivity index (χ0v) is 24.2. The summed E-state index contributed by atoms with van der Waals surface area (Å²) < 4.78 is 23.0. The second-order valence-corrected chi connectivity index (χ2v) is 12.8. The summed E-state index contributed by atoms with van der Waals surface area (Å²) >= 11 is 6.06. The minimum Gasteiger partial charge on any atom is -0.387 e. The number of aromatic amines is 2. The van der Waals surface area contributed by atoms with Crippen LogP contribution in [0.2, 0.25) is 5.02 Å². The van der Waals surface area contributed by atoms with Crippen LogP contribution in [0.15, 0.2) is 53.5 Å².